The zero-order chi connectivity index (χ0) is 27.6. The lowest BCUT2D eigenvalue weighted by Gasteiger charge is -2.13. The molecule has 0 fully saturated rings. The van der Waals surface area contributed by atoms with Crippen molar-refractivity contribution in [3.05, 3.63) is 41.5 Å². The first kappa shape index (κ1) is 31.1. The van der Waals surface area contributed by atoms with Crippen LogP contribution in [-0.4, -0.2) is 34.4 Å². The quantitative estimate of drug-likeness (QED) is 0.0791. The molecular formula is C32H46O6. The lowest BCUT2D eigenvalue weighted by molar-refractivity contribution is -0.134. The van der Waals surface area contributed by atoms with Gasteiger partial charge in [0, 0.05) is 6.42 Å². The van der Waals surface area contributed by atoms with Crippen molar-refractivity contribution < 1.29 is 28.5 Å². The summed E-state index contributed by atoms with van der Waals surface area (Å²) in [6.07, 6.45) is 18.0. The van der Waals surface area contributed by atoms with Gasteiger partial charge in [-0.15, -0.1) is 0 Å². The predicted molar refractivity (Wildman–Crippen MR) is 155 cm³/mol. The molecular weight excluding hydrogens is 480 g/mol. The first-order valence-electron chi connectivity index (χ1n) is 13.9. The van der Waals surface area contributed by atoms with Crippen LogP contribution in [0.2, 0.25) is 0 Å². The van der Waals surface area contributed by atoms with Crippen molar-refractivity contribution in [2.75, 3.05) is 28.4 Å². The normalized spacial score (nSPS) is 11.0. The third kappa shape index (κ3) is 10.7. The Hall–Kier alpha value is -3.15. The van der Waals surface area contributed by atoms with E-state index in [9.17, 15) is 4.79 Å². The molecule has 0 aromatic heterocycles. The molecule has 2 aromatic rings. The van der Waals surface area contributed by atoms with Crippen LogP contribution in [0.15, 0.2) is 30.3 Å². The first-order chi connectivity index (χ1) is 18.6. The monoisotopic (exact) mass is 526 g/mol. The number of carbonyl (C=O) groups excluding carboxylic acids is 1. The van der Waals surface area contributed by atoms with Gasteiger partial charge in [-0.3, -0.25) is 4.79 Å². The Morgan fingerprint density at radius 2 is 1.11 bits per heavy atom. The predicted octanol–water partition coefficient (Wildman–Crippen LogP) is 8.50. The number of methoxy groups -OCH3 is 4. The average Bonchev–Trinajstić information content (AvgIpc) is 2.94. The van der Waals surface area contributed by atoms with Crippen LogP contribution in [0.5, 0.6) is 28.7 Å². The summed E-state index contributed by atoms with van der Waals surface area (Å²) < 4.78 is 27.3. The minimum atomic E-state index is -0.231. The molecule has 0 aliphatic carbocycles. The van der Waals surface area contributed by atoms with Crippen LogP contribution in [-0.2, 0) is 4.79 Å². The van der Waals surface area contributed by atoms with Gasteiger partial charge in [0.1, 0.15) is 0 Å². The Labute approximate surface area is 229 Å². The molecule has 0 bridgehead atoms. The minimum Gasteiger partial charge on any atom is -0.493 e. The number of hydrogen-bond donors (Lipinski definition) is 0. The van der Waals surface area contributed by atoms with Crippen molar-refractivity contribution >= 4 is 18.1 Å². The summed E-state index contributed by atoms with van der Waals surface area (Å²) in [6.45, 7) is 2.25. The largest absolute Gasteiger partial charge is 0.493 e. The highest BCUT2D eigenvalue weighted by Crippen LogP contribution is 2.38. The van der Waals surface area contributed by atoms with E-state index in [-0.39, 0.29) is 5.97 Å². The molecule has 0 aliphatic rings. The summed E-state index contributed by atoms with van der Waals surface area (Å²) >= 11 is 0. The van der Waals surface area contributed by atoms with Crippen molar-refractivity contribution in [3.63, 3.8) is 0 Å². The van der Waals surface area contributed by atoms with E-state index >= 15 is 0 Å². The Balaban J connectivity index is 1.86. The summed E-state index contributed by atoms with van der Waals surface area (Å²) in [5.41, 5.74) is 1.75. The molecule has 6 nitrogen and oxygen atoms in total. The molecule has 210 valence electrons. The van der Waals surface area contributed by atoms with E-state index in [0.717, 1.165) is 24.0 Å². The van der Waals surface area contributed by atoms with Crippen molar-refractivity contribution in [2.45, 2.75) is 84.0 Å². The van der Waals surface area contributed by atoms with Gasteiger partial charge in [0.05, 0.1) is 28.4 Å². The summed E-state index contributed by atoms with van der Waals surface area (Å²) in [5.74, 6) is 2.43. The SMILES string of the molecule is CCCCCCCCCCCCCC(=O)Oc1cc(/C=C\c2cc(OC)c(OC)c(OC)c2)ccc1OC. The molecule has 0 spiro atoms. The number of carbonyl (C=O) groups is 1. The van der Waals surface area contributed by atoms with Crippen LogP contribution in [0.4, 0.5) is 0 Å². The second kappa shape index (κ2) is 18.2. The number of unbranched alkanes of at least 4 members (excludes halogenated alkanes) is 10. The Bertz CT molecular complexity index is 972. The van der Waals surface area contributed by atoms with Gasteiger partial charge in [0.15, 0.2) is 23.0 Å². The van der Waals surface area contributed by atoms with Gasteiger partial charge < -0.3 is 23.7 Å². The highest BCUT2D eigenvalue weighted by Gasteiger charge is 2.13. The van der Waals surface area contributed by atoms with Crippen LogP contribution >= 0.6 is 0 Å². The van der Waals surface area contributed by atoms with Gasteiger partial charge in [0.25, 0.3) is 0 Å². The third-order valence-corrected chi connectivity index (χ3v) is 6.55. The summed E-state index contributed by atoms with van der Waals surface area (Å²) in [7, 11) is 6.33. The molecule has 0 radical (unpaired) electrons. The van der Waals surface area contributed by atoms with E-state index in [1.165, 1.54) is 57.8 Å². The first-order valence-corrected chi connectivity index (χ1v) is 13.9. The lowest BCUT2D eigenvalue weighted by atomic mass is 10.1. The van der Waals surface area contributed by atoms with E-state index in [4.69, 9.17) is 23.7 Å². The lowest BCUT2D eigenvalue weighted by Crippen LogP contribution is -2.08. The number of ether oxygens (including phenoxy) is 5. The van der Waals surface area contributed by atoms with Gasteiger partial charge in [-0.05, 0) is 41.8 Å². The molecule has 38 heavy (non-hydrogen) atoms. The van der Waals surface area contributed by atoms with Gasteiger partial charge in [-0.1, -0.05) is 89.4 Å². The molecule has 0 heterocycles. The second-order valence-corrected chi connectivity index (χ2v) is 9.46. The summed E-state index contributed by atoms with van der Waals surface area (Å²) in [6, 6.07) is 9.27. The van der Waals surface area contributed by atoms with E-state index in [1.54, 1.807) is 34.5 Å². The summed E-state index contributed by atoms with van der Waals surface area (Å²) in [4.78, 5) is 12.5. The van der Waals surface area contributed by atoms with Gasteiger partial charge in [0.2, 0.25) is 5.75 Å². The zero-order valence-electron chi connectivity index (χ0n) is 24.0. The van der Waals surface area contributed by atoms with Crippen LogP contribution in [0.3, 0.4) is 0 Å². The second-order valence-electron chi connectivity index (χ2n) is 9.46. The van der Waals surface area contributed by atoms with Crippen molar-refractivity contribution in [2.24, 2.45) is 0 Å². The highest BCUT2D eigenvalue weighted by atomic mass is 16.6. The Morgan fingerprint density at radius 1 is 0.605 bits per heavy atom. The molecule has 0 amide bonds. The fraction of sp³-hybridized carbons (Fsp3) is 0.531. The third-order valence-electron chi connectivity index (χ3n) is 6.55. The minimum absolute atomic E-state index is 0.231. The van der Waals surface area contributed by atoms with E-state index in [1.807, 2.05) is 36.4 Å². The molecule has 0 atom stereocenters. The van der Waals surface area contributed by atoms with Crippen molar-refractivity contribution in [1.29, 1.82) is 0 Å². The van der Waals surface area contributed by atoms with Crippen LogP contribution < -0.4 is 23.7 Å². The maximum atomic E-state index is 12.5. The number of hydrogen-bond acceptors (Lipinski definition) is 6. The standard InChI is InChI=1S/C32H46O6/c1-6-7-8-9-10-11-12-13-14-15-16-17-31(33)38-28-22-25(20-21-27(28)34-2)18-19-26-23-29(35-3)32(37-5)30(24-26)36-4/h18-24H,6-17H2,1-5H3/b19-18-. The van der Waals surface area contributed by atoms with Crippen LogP contribution in [0, 0.1) is 0 Å². The average molecular weight is 527 g/mol. The Morgan fingerprint density at radius 3 is 1.63 bits per heavy atom. The fourth-order valence-electron chi connectivity index (χ4n) is 4.37. The maximum absolute atomic E-state index is 12.5. The van der Waals surface area contributed by atoms with Crippen molar-refractivity contribution in [1.82, 2.24) is 0 Å². The van der Waals surface area contributed by atoms with E-state index < -0.39 is 0 Å². The molecule has 0 aliphatic heterocycles. The van der Waals surface area contributed by atoms with Crippen molar-refractivity contribution in [3.8, 4) is 28.7 Å². The van der Waals surface area contributed by atoms with Crippen LogP contribution in [0.25, 0.3) is 12.2 Å². The fourth-order valence-corrected chi connectivity index (χ4v) is 4.37. The number of rotatable bonds is 19. The van der Waals surface area contributed by atoms with E-state index in [2.05, 4.69) is 6.92 Å². The molecule has 6 heteroatoms. The van der Waals surface area contributed by atoms with Gasteiger partial charge in [-0.2, -0.15) is 0 Å². The maximum Gasteiger partial charge on any atom is 0.311 e. The zero-order valence-corrected chi connectivity index (χ0v) is 24.0. The molecule has 0 N–H and O–H groups in total. The van der Waals surface area contributed by atoms with Crippen LogP contribution in [0.1, 0.15) is 95.1 Å². The molecule has 0 saturated heterocycles. The molecule has 0 unspecified atom stereocenters. The number of esters is 1. The topological polar surface area (TPSA) is 63.2 Å². The molecule has 0 saturated carbocycles. The van der Waals surface area contributed by atoms with Gasteiger partial charge in [-0.25, -0.2) is 0 Å². The smallest absolute Gasteiger partial charge is 0.311 e. The Kier molecular flexibility index (Phi) is 14.8. The molecule has 2 aromatic carbocycles. The summed E-state index contributed by atoms with van der Waals surface area (Å²) in [5, 5.41) is 0. The van der Waals surface area contributed by atoms with E-state index in [0.29, 0.717) is 35.2 Å². The molecule has 2 rings (SSSR count). The number of benzene rings is 2. The van der Waals surface area contributed by atoms with Gasteiger partial charge >= 0.3 is 5.97 Å². The highest BCUT2D eigenvalue weighted by molar-refractivity contribution is 5.76.